The zero-order chi connectivity index (χ0) is 22.6. The molecule has 170 valence electrons. The molecule has 2 aromatic carbocycles. The Hall–Kier alpha value is -3.72. The van der Waals surface area contributed by atoms with Crippen LogP contribution in [0.2, 0.25) is 0 Å². The van der Waals surface area contributed by atoms with Gasteiger partial charge in [0.25, 0.3) is 5.56 Å². The van der Waals surface area contributed by atoms with E-state index in [1.54, 1.807) is 18.2 Å². The first kappa shape index (κ1) is 21.1. The highest BCUT2D eigenvalue weighted by molar-refractivity contribution is 5.76. The molecule has 1 N–H and O–H groups in total. The van der Waals surface area contributed by atoms with Gasteiger partial charge in [-0.1, -0.05) is 30.3 Å². The zero-order valence-corrected chi connectivity index (χ0v) is 18.2. The summed E-state index contributed by atoms with van der Waals surface area (Å²) in [5.74, 6) is 1.65. The van der Waals surface area contributed by atoms with Crippen LogP contribution in [0.1, 0.15) is 17.7 Å². The van der Waals surface area contributed by atoms with E-state index in [9.17, 15) is 9.59 Å². The van der Waals surface area contributed by atoms with Crippen LogP contribution in [0.15, 0.2) is 53.3 Å². The summed E-state index contributed by atoms with van der Waals surface area (Å²) in [6.45, 7) is 4.13. The minimum atomic E-state index is -0.335. The number of hydrogen-bond acceptors (Lipinski definition) is 7. The summed E-state index contributed by atoms with van der Waals surface area (Å²) in [7, 11) is 0. The van der Waals surface area contributed by atoms with Crippen LogP contribution in [0.3, 0.4) is 0 Å². The molecule has 0 spiro atoms. The summed E-state index contributed by atoms with van der Waals surface area (Å²) in [6.07, 6.45) is 0.493. The van der Waals surface area contributed by atoms with Crippen molar-refractivity contribution in [1.82, 2.24) is 25.0 Å². The fraction of sp³-hybridized carbons (Fsp3) is 0.333. The predicted molar refractivity (Wildman–Crippen MR) is 121 cm³/mol. The van der Waals surface area contributed by atoms with Gasteiger partial charge in [0.2, 0.25) is 12.7 Å². The predicted octanol–water partition coefficient (Wildman–Crippen LogP) is 1.84. The molecule has 1 amide bonds. The Kier molecular flexibility index (Phi) is 6.03. The number of aryl methyl sites for hydroxylation is 1. The number of piperazine rings is 1. The summed E-state index contributed by atoms with van der Waals surface area (Å²) in [4.78, 5) is 32.1. The minimum Gasteiger partial charge on any atom is -0.454 e. The largest absolute Gasteiger partial charge is 0.454 e. The third-order valence-corrected chi connectivity index (χ3v) is 5.96. The molecule has 1 aromatic heterocycles. The molecule has 0 atom stereocenters. The number of H-pyrrole nitrogens is 1. The number of ether oxygens (including phenoxy) is 2. The van der Waals surface area contributed by atoms with Gasteiger partial charge in [0.1, 0.15) is 5.69 Å². The number of fused-ring (bicyclic) bond motifs is 1. The summed E-state index contributed by atoms with van der Waals surface area (Å²) >= 11 is 0. The van der Waals surface area contributed by atoms with Gasteiger partial charge >= 0.3 is 0 Å². The third-order valence-electron chi connectivity index (χ3n) is 5.96. The SMILES string of the molecule is O=C(CCc1nnc(-c2ccc3c(c2)OCO3)[nH]c1=O)N1CCN(Cc2ccccc2)CC1. The van der Waals surface area contributed by atoms with Gasteiger partial charge in [0.05, 0.1) is 0 Å². The second-order valence-electron chi connectivity index (χ2n) is 8.16. The number of hydrogen-bond donors (Lipinski definition) is 1. The number of aromatic amines is 1. The Bertz CT molecular complexity index is 1190. The topological polar surface area (TPSA) is 101 Å². The first-order valence-electron chi connectivity index (χ1n) is 11.1. The number of benzene rings is 2. The molecule has 1 fully saturated rings. The molecule has 0 saturated carbocycles. The number of nitrogens with one attached hydrogen (secondary N) is 1. The monoisotopic (exact) mass is 447 g/mol. The maximum atomic E-state index is 12.7. The Balaban J connectivity index is 1.14. The lowest BCUT2D eigenvalue weighted by molar-refractivity contribution is -0.133. The van der Waals surface area contributed by atoms with Gasteiger partial charge in [-0.3, -0.25) is 14.5 Å². The van der Waals surface area contributed by atoms with Crippen LogP contribution in [0.4, 0.5) is 0 Å². The average molecular weight is 447 g/mol. The molecule has 33 heavy (non-hydrogen) atoms. The van der Waals surface area contributed by atoms with E-state index in [4.69, 9.17) is 9.47 Å². The van der Waals surface area contributed by atoms with E-state index < -0.39 is 0 Å². The Labute approximate surface area is 191 Å². The van der Waals surface area contributed by atoms with Crippen LogP contribution in [0, 0.1) is 0 Å². The van der Waals surface area contributed by atoms with Crippen LogP contribution in [-0.2, 0) is 17.8 Å². The van der Waals surface area contributed by atoms with Crippen molar-refractivity contribution in [3.05, 3.63) is 70.1 Å². The maximum Gasteiger partial charge on any atom is 0.273 e. The van der Waals surface area contributed by atoms with E-state index in [1.807, 2.05) is 23.1 Å². The average Bonchev–Trinajstić information content (AvgIpc) is 3.32. The Morgan fingerprint density at radius 3 is 2.55 bits per heavy atom. The van der Waals surface area contributed by atoms with Gasteiger partial charge in [-0.15, -0.1) is 10.2 Å². The molecule has 9 heteroatoms. The molecular weight excluding hydrogens is 422 g/mol. The standard InChI is InChI=1S/C24H25N5O4/c30-22(29-12-10-28(11-13-29)15-17-4-2-1-3-5-17)9-7-19-24(31)25-23(27-26-19)18-6-8-20-21(14-18)33-16-32-20/h1-6,8,14H,7,9-13,15-16H2,(H,25,27,31). The van der Waals surface area contributed by atoms with Crippen molar-refractivity contribution in [2.45, 2.75) is 19.4 Å². The van der Waals surface area contributed by atoms with E-state index in [1.165, 1.54) is 5.56 Å². The van der Waals surface area contributed by atoms with Gasteiger partial charge in [-0.05, 0) is 23.8 Å². The Morgan fingerprint density at radius 1 is 0.970 bits per heavy atom. The molecule has 3 heterocycles. The number of carbonyl (C=O) groups is 1. The summed E-state index contributed by atoms with van der Waals surface area (Å²) in [5.41, 5.74) is 1.88. The lowest BCUT2D eigenvalue weighted by Gasteiger charge is -2.34. The van der Waals surface area contributed by atoms with Crippen LogP contribution >= 0.6 is 0 Å². The first-order chi connectivity index (χ1) is 16.2. The first-order valence-corrected chi connectivity index (χ1v) is 11.1. The zero-order valence-electron chi connectivity index (χ0n) is 18.2. The molecule has 1 saturated heterocycles. The van der Waals surface area contributed by atoms with Gasteiger partial charge in [0, 0.05) is 51.1 Å². The quantitative estimate of drug-likeness (QED) is 0.615. The highest BCUT2D eigenvalue weighted by Crippen LogP contribution is 2.34. The van der Waals surface area contributed by atoms with E-state index >= 15 is 0 Å². The molecule has 0 bridgehead atoms. The number of rotatable bonds is 6. The van der Waals surface area contributed by atoms with Crippen LogP contribution in [-0.4, -0.2) is 63.9 Å². The summed E-state index contributed by atoms with van der Waals surface area (Å²) in [5, 5.41) is 8.22. The van der Waals surface area contributed by atoms with Crippen molar-refractivity contribution >= 4 is 5.91 Å². The minimum absolute atomic E-state index is 0.0374. The van der Waals surface area contributed by atoms with E-state index in [2.05, 4.69) is 32.2 Å². The highest BCUT2D eigenvalue weighted by atomic mass is 16.7. The van der Waals surface area contributed by atoms with Gasteiger partial charge in [-0.2, -0.15) is 0 Å². The lowest BCUT2D eigenvalue weighted by Crippen LogP contribution is -2.48. The fourth-order valence-corrected chi connectivity index (χ4v) is 4.08. The van der Waals surface area contributed by atoms with Crippen LogP contribution in [0.5, 0.6) is 11.5 Å². The van der Waals surface area contributed by atoms with Gasteiger partial charge in [0.15, 0.2) is 17.3 Å². The molecule has 5 rings (SSSR count). The smallest absolute Gasteiger partial charge is 0.273 e. The molecule has 2 aliphatic rings. The Morgan fingerprint density at radius 2 is 1.76 bits per heavy atom. The number of nitrogens with zero attached hydrogens (tertiary/aromatic N) is 4. The van der Waals surface area contributed by atoms with E-state index in [0.717, 1.165) is 19.6 Å². The van der Waals surface area contributed by atoms with Crippen LogP contribution < -0.4 is 15.0 Å². The van der Waals surface area contributed by atoms with E-state index in [0.29, 0.717) is 36.0 Å². The number of carbonyl (C=O) groups excluding carboxylic acids is 1. The van der Waals surface area contributed by atoms with E-state index in [-0.39, 0.29) is 36.8 Å². The molecule has 0 unspecified atom stereocenters. The highest BCUT2D eigenvalue weighted by Gasteiger charge is 2.22. The summed E-state index contributed by atoms with van der Waals surface area (Å²) < 4.78 is 10.7. The van der Waals surface area contributed by atoms with Crippen molar-refractivity contribution < 1.29 is 14.3 Å². The van der Waals surface area contributed by atoms with Crippen molar-refractivity contribution in [2.75, 3.05) is 33.0 Å². The summed E-state index contributed by atoms with van der Waals surface area (Å²) in [6, 6.07) is 15.6. The second-order valence-corrected chi connectivity index (χ2v) is 8.16. The van der Waals surface area contributed by atoms with Crippen molar-refractivity contribution in [2.24, 2.45) is 0 Å². The maximum absolute atomic E-state index is 12.7. The molecule has 0 aliphatic carbocycles. The molecule has 3 aromatic rings. The lowest BCUT2D eigenvalue weighted by atomic mass is 10.1. The van der Waals surface area contributed by atoms with Gasteiger partial charge < -0.3 is 19.4 Å². The van der Waals surface area contributed by atoms with Crippen molar-refractivity contribution in [3.8, 4) is 22.9 Å². The molecular formula is C24H25N5O4. The van der Waals surface area contributed by atoms with Crippen molar-refractivity contribution in [3.63, 3.8) is 0 Å². The second kappa shape index (κ2) is 9.41. The van der Waals surface area contributed by atoms with Gasteiger partial charge in [-0.25, -0.2) is 0 Å². The normalized spacial score (nSPS) is 15.6. The molecule has 0 radical (unpaired) electrons. The van der Waals surface area contributed by atoms with Crippen LogP contribution in [0.25, 0.3) is 11.4 Å². The van der Waals surface area contributed by atoms with Crippen molar-refractivity contribution in [1.29, 1.82) is 0 Å². The molecule has 9 nitrogen and oxygen atoms in total. The molecule has 2 aliphatic heterocycles. The fourth-order valence-electron chi connectivity index (χ4n) is 4.08. The number of amides is 1. The third kappa shape index (κ3) is 4.88. The number of aromatic nitrogens is 3.